The average molecular weight is 659 g/mol. The van der Waals surface area contributed by atoms with Gasteiger partial charge in [-0.25, -0.2) is 0 Å². The Morgan fingerprint density at radius 2 is 0.936 bits per heavy atom. The molecule has 0 aromatic carbocycles. The van der Waals surface area contributed by atoms with Gasteiger partial charge in [-0.2, -0.15) is 0 Å². The monoisotopic (exact) mass is 659 g/mol. The Bertz CT molecular complexity index is 856. The lowest BCUT2D eigenvalue weighted by molar-refractivity contribution is -0.152. The molecular formula is C41H70O6. The van der Waals surface area contributed by atoms with Crippen molar-refractivity contribution >= 4 is 17.7 Å². The van der Waals surface area contributed by atoms with Crippen molar-refractivity contribution < 1.29 is 29.0 Å². The van der Waals surface area contributed by atoms with Gasteiger partial charge in [-0.15, -0.1) is 0 Å². The molecule has 0 unspecified atom stereocenters. The molecule has 0 aliphatic rings. The largest absolute Gasteiger partial charge is 0.463 e. The zero-order valence-electron chi connectivity index (χ0n) is 30.3. The first kappa shape index (κ1) is 44.5. The number of ketones is 1. The molecule has 0 saturated carbocycles. The fourth-order valence-electron chi connectivity index (χ4n) is 5.09. The second-order valence-electron chi connectivity index (χ2n) is 12.7. The van der Waals surface area contributed by atoms with Gasteiger partial charge in [0.15, 0.2) is 5.78 Å². The Balaban J connectivity index is 3.58. The van der Waals surface area contributed by atoms with E-state index in [1.54, 1.807) is 6.08 Å². The summed E-state index contributed by atoms with van der Waals surface area (Å²) < 4.78 is 10.3. The third kappa shape index (κ3) is 36.2. The molecule has 0 saturated heterocycles. The molecule has 6 nitrogen and oxygen atoms in total. The van der Waals surface area contributed by atoms with Gasteiger partial charge in [-0.1, -0.05) is 159 Å². The Morgan fingerprint density at radius 1 is 0.511 bits per heavy atom. The van der Waals surface area contributed by atoms with E-state index in [1.165, 1.54) is 77.0 Å². The quantitative estimate of drug-likeness (QED) is 0.0243. The van der Waals surface area contributed by atoms with Crippen LogP contribution in [0.25, 0.3) is 0 Å². The third-order valence-electron chi connectivity index (χ3n) is 8.04. The lowest BCUT2D eigenvalue weighted by Crippen LogP contribution is -2.25. The van der Waals surface area contributed by atoms with Crippen molar-refractivity contribution in [1.82, 2.24) is 0 Å². The van der Waals surface area contributed by atoms with Gasteiger partial charge in [0.05, 0.1) is 0 Å². The first-order valence-corrected chi connectivity index (χ1v) is 19.1. The van der Waals surface area contributed by atoms with Crippen molar-refractivity contribution in [3.63, 3.8) is 0 Å². The predicted octanol–water partition coefficient (Wildman–Crippen LogP) is 11.0. The van der Waals surface area contributed by atoms with E-state index in [9.17, 15) is 19.5 Å². The molecule has 0 heterocycles. The number of carbonyl (C=O) groups excluding carboxylic acids is 3. The van der Waals surface area contributed by atoms with Crippen LogP contribution in [-0.4, -0.2) is 42.1 Å². The van der Waals surface area contributed by atoms with Gasteiger partial charge in [-0.05, 0) is 44.6 Å². The van der Waals surface area contributed by atoms with E-state index in [2.05, 4.69) is 32.1 Å². The molecule has 0 radical (unpaired) electrons. The summed E-state index contributed by atoms with van der Waals surface area (Å²) in [7, 11) is 0. The molecular weight excluding hydrogens is 588 g/mol. The molecule has 6 heteroatoms. The Labute approximate surface area is 288 Å². The van der Waals surface area contributed by atoms with Gasteiger partial charge < -0.3 is 14.6 Å². The SMILES string of the molecule is CCCCCCCCCCCCCCCCCC(=O)OC[C@@H](O)COC(=O)CCC/C=C\C/C=C\C/C=C\C=C\C(=O)CCCCC. The first-order chi connectivity index (χ1) is 23.0. The maximum absolute atomic E-state index is 11.9. The Hall–Kier alpha value is -2.47. The van der Waals surface area contributed by atoms with Crippen LogP contribution >= 0.6 is 0 Å². The number of aliphatic hydroxyl groups excluding tert-OH is 1. The van der Waals surface area contributed by atoms with E-state index in [0.717, 1.165) is 57.8 Å². The molecule has 0 aliphatic carbocycles. The highest BCUT2D eigenvalue weighted by molar-refractivity contribution is 5.89. The van der Waals surface area contributed by atoms with Crippen molar-refractivity contribution in [2.24, 2.45) is 0 Å². The summed E-state index contributed by atoms with van der Waals surface area (Å²) in [6.45, 7) is 4.09. The molecule has 0 rings (SSSR count). The van der Waals surface area contributed by atoms with Gasteiger partial charge in [0, 0.05) is 19.3 Å². The molecule has 0 amide bonds. The van der Waals surface area contributed by atoms with Crippen molar-refractivity contribution in [3.8, 4) is 0 Å². The number of carbonyl (C=O) groups is 3. The van der Waals surface area contributed by atoms with E-state index in [-0.39, 0.29) is 37.4 Å². The van der Waals surface area contributed by atoms with Crippen LogP contribution in [0.4, 0.5) is 0 Å². The fourth-order valence-corrected chi connectivity index (χ4v) is 5.09. The average Bonchev–Trinajstić information content (AvgIpc) is 3.06. The third-order valence-corrected chi connectivity index (χ3v) is 8.04. The second kappa shape index (κ2) is 36.4. The highest BCUT2D eigenvalue weighted by Crippen LogP contribution is 2.14. The Morgan fingerprint density at radius 3 is 1.49 bits per heavy atom. The number of hydrogen-bond acceptors (Lipinski definition) is 6. The van der Waals surface area contributed by atoms with Crippen LogP contribution < -0.4 is 0 Å². The van der Waals surface area contributed by atoms with E-state index in [4.69, 9.17) is 9.47 Å². The van der Waals surface area contributed by atoms with E-state index in [0.29, 0.717) is 19.3 Å². The molecule has 1 N–H and O–H groups in total. The molecule has 270 valence electrons. The van der Waals surface area contributed by atoms with Gasteiger partial charge in [0.2, 0.25) is 0 Å². The number of ether oxygens (including phenoxy) is 2. The molecule has 47 heavy (non-hydrogen) atoms. The van der Waals surface area contributed by atoms with E-state index >= 15 is 0 Å². The highest BCUT2D eigenvalue weighted by Gasteiger charge is 2.12. The summed E-state index contributed by atoms with van der Waals surface area (Å²) in [5.74, 6) is -0.473. The fraction of sp³-hybridized carbons (Fsp3) is 0.732. The minimum atomic E-state index is -1.00. The summed E-state index contributed by atoms with van der Waals surface area (Å²) >= 11 is 0. The van der Waals surface area contributed by atoms with Crippen LogP contribution in [0.1, 0.15) is 174 Å². The molecule has 0 aliphatic heterocycles. The summed E-state index contributed by atoms with van der Waals surface area (Å²) in [5, 5.41) is 9.99. The van der Waals surface area contributed by atoms with E-state index < -0.39 is 6.10 Å². The van der Waals surface area contributed by atoms with Crippen LogP contribution in [0, 0.1) is 0 Å². The topological polar surface area (TPSA) is 89.9 Å². The molecule has 0 spiro atoms. The maximum atomic E-state index is 11.9. The normalized spacial score (nSPS) is 12.6. The number of rotatable bonds is 34. The maximum Gasteiger partial charge on any atom is 0.305 e. The van der Waals surface area contributed by atoms with Gasteiger partial charge in [0.1, 0.15) is 19.3 Å². The van der Waals surface area contributed by atoms with Crippen LogP contribution in [0.15, 0.2) is 48.6 Å². The van der Waals surface area contributed by atoms with Crippen LogP contribution in [0.5, 0.6) is 0 Å². The summed E-state index contributed by atoms with van der Waals surface area (Å²) in [4.78, 5) is 35.5. The number of hydrogen-bond donors (Lipinski definition) is 1. The summed E-state index contributed by atoms with van der Waals surface area (Å²) in [6, 6.07) is 0. The number of aliphatic hydroxyl groups is 1. The molecule has 0 fully saturated rings. The van der Waals surface area contributed by atoms with Crippen LogP contribution in [0.2, 0.25) is 0 Å². The molecule has 0 aromatic heterocycles. The van der Waals surface area contributed by atoms with Crippen LogP contribution in [-0.2, 0) is 23.9 Å². The number of esters is 2. The zero-order valence-corrected chi connectivity index (χ0v) is 30.3. The van der Waals surface area contributed by atoms with Gasteiger partial charge in [0.25, 0.3) is 0 Å². The van der Waals surface area contributed by atoms with E-state index in [1.807, 2.05) is 24.3 Å². The summed E-state index contributed by atoms with van der Waals surface area (Å²) in [6.07, 6.45) is 41.5. The highest BCUT2D eigenvalue weighted by atomic mass is 16.6. The minimum Gasteiger partial charge on any atom is -0.463 e. The second-order valence-corrected chi connectivity index (χ2v) is 12.7. The predicted molar refractivity (Wildman–Crippen MR) is 196 cm³/mol. The minimum absolute atomic E-state index is 0.146. The number of allylic oxidation sites excluding steroid dienone is 8. The lowest BCUT2D eigenvalue weighted by atomic mass is 10.0. The molecule has 0 aromatic rings. The smallest absolute Gasteiger partial charge is 0.305 e. The van der Waals surface area contributed by atoms with Crippen molar-refractivity contribution in [3.05, 3.63) is 48.6 Å². The Kier molecular flexibility index (Phi) is 34.5. The van der Waals surface area contributed by atoms with Crippen LogP contribution in [0.3, 0.4) is 0 Å². The number of unbranched alkanes of at least 4 members (excludes halogenated alkanes) is 17. The van der Waals surface area contributed by atoms with Gasteiger partial charge >= 0.3 is 11.9 Å². The van der Waals surface area contributed by atoms with Crippen molar-refractivity contribution in [1.29, 1.82) is 0 Å². The summed E-state index contributed by atoms with van der Waals surface area (Å²) in [5.41, 5.74) is 0. The lowest BCUT2D eigenvalue weighted by Gasteiger charge is -2.12. The first-order valence-electron chi connectivity index (χ1n) is 19.1. The van der Waals surface area contributed by atoms with Gasteiger partial charge in [-0.3, -0.25) is 14.4 Å². The molecule has 0 bridgehead atoms. The standard InChI is InChI=1S/C41H70O6/c1-3-5-7-8-9-10-11-12-13-14-17-20-23-26-30-34-40(44)46-36-39(43)37-47-41(45)35-31-27-24-21-18-15-16-19-22-25-29-33-38(42)32-28-6-4-2/h15-16,21-22,24-25,29,33,39,43H,3-14,17-20,23,26-28,30-32,34-37H2,1-2H3/b16-15-,24-21-,25-22-,33-29+/t39-/m1/s1. The van der Waals surface area contributed by atoms with Crippen molar-refractivity contribution in [2.45, 2.75) is 180 Å². The molecule has 1 atom stereocenters. The van der Waals surface area contributed by atoms with Crippen molar-refractivity contribution in [2.75, 3.05) is 13.2 Å². The zero-order chi connectivity index (χ0) is 34.5.